The van der Waals surface area contributed by atoms with Crippen molar-refractivity contribution in [2.75, 3.05) is 32.1 Å². The molecule has 220 valence electrons. The summed E-state index contributed by atoms with van der Waals surface area (Å²) in [6.45, 7) is 9.47. The fourth-order valence-corrected chi connectivity index (χ4v) is 5.62. The average Bonchev–Trinajstić information content (AvgIpc) is 2.86. The minimum absolute atomic E-state index is 0.0489. The van der Waals surface area contributed by atoms with E-state index in [1.165, 1.54) is 19.1 Å². The zero-order valence-electron chi connectivity index (χ0n) is 24.5. The highest BCUT2D eigenvalue weighted by Crippen LogP contribution is 2.51. The number of nitrogens with one attached hydrogen (secondary N) is 3. The number of fused-ring (bicyclic) bond motifs is 1. The highest BCUT2D eigenvalue weighted by atomic mass is 19.1. The zero-order valence-corrected chi connectivity index (χ0v) is 24.5. The van der Waals surface area contributed by atoms with Gasteiger partial charge in [-0.1, -0.05) is 32.9 Å². The van der Waals surface area contributed by atoms with E-state index < -0.39 is 12.1 Å². The Morgan fingerprint density at radius 2 is 2.00 bits per heavy atom. The number of anilines is 1. The summed E-state index contributed by atoms with van der Waals surface area (Å²) in [5, 5.41) is 21.2. The van der Waals surface area contributed by atoms with Crippen LogP contribution in [0, 0.1) is 11.2 Å². The summed E-state index contributed by atoms with van der Waals surface area (Å²) in [7, 11) is 1.68. The number of amides is 1. The number of aromatic nitrogens is 1. The van der Waals surface area contributed by atoms with Crippen molar-refractivity contribution < 1.29 is 23.8 Å². The van der Waals surface area contributed by atoms with Crippen LogP contribution in [0.3, 0.4) is 0 Å². The topological polar surface area (TPSA) is 105 Å². The summed E-state index contributed by atoms with van der Waals surface area (Å²) in [6.07, 6.45) is 4.22. The molecular weight excluding hydrogens is 511 g/mol. The van der Waals surface area contributed by atoms with E-state index in [9.17, 15) is 14.3 Å². The van der Waals surface area contributed by atoms with Crippen LogP contribution in [0.1, 0.15) is 76.2 Å². The first-order chi connectivity index (χ1) is 19.0. The number of carbonyl (C=O) groups excluding carboxylic acids is 1. The normalized spacial score (nSPS) is 19.2. The first kappa shape index (κ1) is 30.2. The van der Waals surface area contributed by atoms with Gasteiger partial charge in [-0.3, -0.25) is 4.79 Å². The fourth-order valence-electron chi connectivity index (χ4n) is 5.62. The number of pyridine rings is 1. The van der Waals surface area contributed by atoms with Gasteiger partial charge in [0.1, 0.15) is 11.4 Å². The van der Waals surface area contributed by atoms with E-state index in [-0.39, 0.29) is 35.3 Å². The van der Waals surface area contributed by atoms with Crippen LogP contribution < -0.4 is 20.7 Å². The van der Waals surface area contributed by atoms with Gasteiger partial charge in [0.25, 0.3) is 0 Å². The SMILES string of the molecule is COCCNc1nc(CC(C)(C)C)cc2c1OC1(CCC1)C[C@@H]2NC[C@H](O)[C@H](Cc1ccc(F)cc1)NC(C)=O. The Labute approximate surface area is 237 Å². The first-order valence-corrected chi connectivity index (χ1v) is 14.4. The van der Waals surface area contributed by atoms with Crippen LogP contribution in [0.4, 0.5) is 10.2 Å². The van der Waals surface area contributed by atoms with Crippen molar-refractivity contribution in [3.05, 3.63) is 53.0 Å². The van der Waals surface area contributed by atoms with Gasteiger partial charge in [0, 0.05) is 50.8 Å². The summed E-state index contributed by atoms with van der Waals surface area (Å²) in [5.74, 6) is 0.971. The van der Waals surface area contributed by atoms with E-state index in [1.807, 2.05) is 0 Å². The Morgan fingerprint density at radius 3 is 2.60 bits per heavy atom. The number of aliphatic hydroxyl groups is 1. The molecule has 3 atom stereocenters. The molecule has 0 bridgehead atoms. The van der Waals surface area contributed by atoms with Crippen LogP contribution in [-0.2, 0) is 22.4 Å². The van der Waals surface area contributed by atoms with Crippen LogP contribution in [0.15, 0.2) is 30.3 Å². The Balaban J connectivity index is 1.58. The molecule has 1 saturated carbocycles. The standard InChI is InChI=1S/C31H45FN4O4/c1-20(37)35-25(15-21-7-9-22(32)10-8-21)27(38)19-34-26-18-31(11-6-12-31)40-28-24(26)16-23(17-30(2,3)4)36-29(28)33-13-14-39-5/h7-10,16,25-27,34,38H,6,11-15,17-19H2,1-5H3,(H,33,36)(H,35,37)/t25-,26-,27-/m0/s1. The highest BCUT2D eigenvalue weighted by Gasteiger charge is 2.47. The molecule has 1 amide bonds. The van der Waals surface area contributed by atoms with Gasteiger partial charge in [-0.15, -0.1) is 0 Å². The third kappa shape index (κ3) is 7.92. The minimum atomic E-state index is -0.854. The lowest BCUT2D eigenvalue weighted by Crippen LogP contribution is -2.52. The van der Waals surface area contributed by atoms with Crippen LogP contribution in [0.2, 0.25) is 0 Å². The maximum Gasteiger partial charge on any atom is 0.217 e. The van der Waals surface area contributed by atoms with E-state index >= 15 is 0 Å². The number of nitrogens with zero attached hydrogens (tertiary/aromatic N) is 1. The molecule has 40 heavy (non-hydrogen) atoms. The number of benzene rings is 1. The van der Waals surface area contributed by atoms with E-state index in [0.29, 0.717) is 19.6 Å². The summed E-state index contributed by atoms with van der Waals surface area (Å²) in [5.41, 5.74) is 2.67. The molecule has 1 spiro atoms. The molecule has 9 heteroatoms. The maximum absolute atomic E-state index is 13.4. The predicted molar refractivity (Wildman–Crippen MR) is 154 cm³/mol. The zero-order chi connectivity index (χ0) is 28.9. The molecule has 0 saturated heterocycles. The van der Waals surface area contributed by atoms with Gasteiger partial charge < -0.3 is 30.5 Å². The van der Waals surface area contributed by atoms with Crippen molar-refractivity contribution in [3.63, 3.8) is 0 Å². The maximum atomic E-state index is 13.4. The number of ether oxygens (including phenoxy) is 2. The average molecular weight is 557 g/mol. The molecule has 4 N–H and O–H groups in total. The van der Waals surface area contributed by atoms with Crippen LogP contribution >= 0.6 is 0 Å². The van der Waals surface area contributed by atoms with Crippen molar-refractivity contribution in [3.8, 4) is 5.75 Å². The second-order valence-electron chi connectivity index (χ2n) is 12.5. The molecule has 1 aromatic carbocycles. The summed E-state index contributed by atoms with van der Waals surface area (Å²) in [6, 6.07) is 7.72. The molecule has 1 fully saturated rings. The van der Waals surface area contributed by atoms with Crippen molar-refractivity contribution in [1.29, 1.82) is 0 Å². The highest BCUT2D eigenvalue weighted by molar-refractivity contribution is 5.73. The van der Waals surface area contributed by atoms with Gasteiger partial charge in [0.15, 0.2) is 11.6 Å². The second kappa shape index (κ2) is 12.8. The van der Waals surface area contributed by atoms with Crippen molar-refractivity contribution >= 4 is 11.7 Å². The molecule has 4 rings (SSSR count). The third-order valence-electron chi connectivity index (χ3n) is 7.70. The number of aliphatic hydroxyl groups excluding tert-OH is 1. The number of methoxy groups -OCH3 is 1. The van der Waals surface area contributed by atoms with Gasteiger partial charge in [0.2, 0.25) is 5.91 Å². The summed E-state index contributed by atoms with van der Waals surface area (Å²) in [4.78, 5) is 16.9. The lowest BCUT2D eigenvalue weighted by Gasteiger charge is -2.48. The quantitative estimate of drug-likeness (QED) is 0.289. The number of rotatable bonds is 12. The number of carbonyl (C=O) groups is 1. The molecule has 1 aliphatic heterocycles. The van der Waals surface area contributed by atoms with E-state index in [0.717, 1.165) is 60.5 Å². The molecule has 1 aliphatic carbocycles. The lowest BCUT2D eigenvalue weighted by atomic mass is 9.72. The minimum Gasteiger partial charge on any atom is -0.483 e. The molecule has 8 nitrogen and oxygen atoms in total. The third-order valence-corrected chi connectivity index (χ3v) is 7.70. The number of hydrogen-bond acceptors (Lipinski definition) is 7. The molecular formula is C31H45FN4O4. The smallest absolute Gasteiger partial charge is 0.217 e. The summed E-state index contributed by atoms with van der Waals surface area (Å²) < 4.78 is 25.3. The van der Waals surface area contributed by atoms with Crippen molar-refractivity contribution in [2.24, 2.45) is 5.41 Å². The van der Waals surface area contributed by atoms with Gasteiger partial charge in [-0.25, -0.2) is 9.37 Å². The van der Waals surface area contributed by atoms with E-state index in [2.05, 4.69) is 42.8 Å². The first-order valence-electron chi connectivity index (χ1n) is 14.4. The Morgan fingerprint density at radius 1 is 1.27 bits per heavy atom. The molecule has 2 aliphatic rings. The van der Waals surface area contributed by atoms with Gasteiger partial charge in [0.05, 0.1) is 18.8 Å². The Hall–Kier alpha value is -2.75. The van der Waals surface area contributed by atoms with Crippen LogP contribution in [0.25, 0.3) is 0 Å². The summed E-state index contributed by atoms with van der Waals surface area (Å²) >= 11 is 0. The molecule has 2 heterocycles. The van der Waals surface area contributed by atoms with Gasteiger partial charge >= 0.3 is 0 Å². The Kier molecular flexibility index (Phi) is 9.69. The molecule has 0 unspecified atom stereocenters. The lowest BCUT2D eigenvalue weighted by molar-refractivity contribution is -0.120. The van der Waals surface area contributed by atoms with Crippen LogP contribution in [-0.4, -0.2) is 60.6 Å². The number of hydrogen-bond donors (Lipinski definition) is 4. The monoisotopic (exact) mass is 556 g/mol. The van der Waals surface area contributed by atoms with E-state index in [4.69, 9.17) is 14.5 Å². The molecule has 1 aromatic heterocycles. The number of halogens is 1. The van der Waals surface area contributed by atoms with Crippen molar-refractivity contribution in [2.45, 2.75) is 90.0 Å². The Bertz CT molecular complexity index is 1150. The molecule has 0 radical (unpaired) electrons. The molecule has 2 aromatic rings. The van der Waals surface area contributed by atoms with Crippen molar-refractivity contribution in [1.82, 2.24) is 15.6 Å². The predicted octanol–water partition coefficient (Wildman–Crippen LogP) is 4.31. The van der Waals surface area contributed by atoms with Gasteiger partial charge in [-0.05, 0) is 61.3 Å². The largest absolute Gasteiger partial charge is 0.483 e. The second-order valence-corrected chi connectivity index (χ2v) is 12.5. The van der Waals surface area contributed by atoms with Crippen LogP contribution in [0.5, 0.6) is 5.75 Å². The fraction of sp³-hybridized carbons (Fsp3) is 0.613. The van der Waals surface area contributed by atoms with E-state index in [1.54, 1.807) is 19.2 Å². The van der Waals surface area contributed by atoms with Gasteiger partial charge in [-0.2, -0.15) is 0 Å².